The van der Waals surface area contributed by atoms with Gasteiger partial charge in [0.25, 0.3) is 11.8 Å². The van der Waals surface area contributed by atoms with Gasteiger partial charge in [-0.25, -0.2) is 9.78 Å². The molecule has 1 fully saturated rings. The van der Waals surface area contributed by atoms with Crippen LogP contribution in [0.3, 0.4) is 0 Å². The number of amides is 2. The van der Waals surface area contributed by atoms with Gasteiger partial charge in [-0.15, -0.1) is 0 Å². The minimum absolute atomic E-state index is 0.0292. The molecule has 2 aliphatic rings. The lowest BCUT2D eigenvalue weighted by molar-refractivity contribution is 0.0432. The summed E-state index contributed by atoms with van der Waals surface area (Å²) in [5.41, 5.74) is 3.05. The van der Waals surface area contributed by atoms with Gasteiger partial charge < -0.3 is 19.9 Å². The summed E-state index contributed by atoms with van der Waals surface area (Å²) in [6, 6.07) is 15.2. The fourth-order valence-electron chi connectivity index (χ4n) is 5.14. The minimum Gasteiger partial charge on any atom is -0.478 e. The van der Waals surface area contributed by atoms with Gasteiger partial charge >= 0.3 is 5.97 Å². The Balaban J connectivity index is 1.37. The van der Waals surface area contributed by atoms with E-state index in [9.17, 15) is 19.5 Å². The number of carboxylic acids is 1. The molecule has 8 nitrogen and oxygen atoms in total. The Morgan fingerprint density at radius 2 is 1.59 bits per heavy atom. The largest absolute Gasteiger partial charge is 0.478 e. The molecule has 2 N–H and O–H groups in total. The number of carbonyl (C=O) groups excluding carboxylic acids is 2. The van der Waals surface area contributed by atoms with Crippen LogP contribution < -0.4 is 0 Å². The van der Waals surface area contributed by atoms with Crippen molar-refractivity contribution >= 4 is 17.8 Å². The van der Waals surface area contributed by atoms with Crippen molar-refractivity contribution in [1.82, 2.24) is 19.8 Å². The van der Waals surface area contributed by atoms with Gasteiger partial charge in [0, 0.05) is 42.9 Å². The zero-order valence-corrected chi connectivity index (χ0v) is 18.7. The second-order valence-corrected chi connectivity index (χ2v) is 8.84. The number of imidazole rings is 1. The topological polar surface area (TPSA) is 107 Å². The molecule has 0 aliphatic carbocycles. The molecule has 3 aromatic rings. The first-order valence-corrected chi connectivity index (χ1v) is 11.5. The van der Waals surface area contributed by atoms with Gasteiger partial charge in [-0.05, 0) is 49.1 Å². The Morgan fingerprint density at radius 1 is 0.882 bits per heavy atom. The van der Waals surface area contributed by atoms with Crippen LogP contribution in [0.4, 0.5) is 0 Å². The van der Waals surface area contributed by atoms with Gasteiger partial charge in [-0.3, -0.25) is 9.59 Å². The Labute approximate surface area is 197 Å². The number of piperidine rings is 1. The van der Waals surface area contributed by atoms with Crippen LogP contribution in [0.25, 0.3) is 0 Å². The number of benzene rings is 2. The summed E-state index contributed by atoms with van der Waals surface area (Å²) in [4.78, 5) is 49.3. The van der Waals surface area contributed by atoms with Gasteiger partial charge in [-0.1, -0.05) is 24.3 Å². The molecule has 0 saturated carbocycles. The standard InChI is InChI=1S/C26H26N4O4/c31-24(18-5-2-1-3-6-18)29-12-9-17(10-13-29)23-22-21(27-16-28-22)11-14-30(23)25(32)19-7-4-8-20(15-19)26(33)34/h1-8,15-17,23H,9-14H2,(H,27,28)(H,33,34). The number of aromatic carboxylic acids is 1. The predicted molar refractivity (Wildman–Crippen MR) is 125 cm³/mol. The van der Waals surface area contributed by atoms with Crippen molar-refractivity contribution in [2.75, 3.05) is 19.6 Å². The highest BCUT2D eigenvalue weighted by molar-refractivity contribution is 5.98. The number of carboxylic acid groups (broad SMARTS) is 1. The van der Waals surface area contributed by atoms with E-state index in [1.54, 1.807) is 18.5 Å². The van der Waals surface area contributed by atoms with Gasteiger partial charge in [0.15, 0.2) is 0 Å². The number of rotatable bonds is 4. The van der Waals surface area contributed by atoms with Crippen molar-refractivity contribution < 1.29 is 19.5 Å². The van der Waals surface area contributed by atoms with Gasteiger partial charge in [-0.2, -0.15) is 0 Å². The van der Waals surface area contributed by atoms with E-state index in [1.165, 1.54) is 12.1 Å². The summed E-state index contributed by atoms with van der Waals surface area (Å²) < 4.78 is 0. The number of hydrogen-bond donors (Lipinski definition) is 2. The van der Waals surface area contributed by atoms with Crippen LogP contribution in [0, 0.1) is 5.92 Å². The number of nitrogens with zero attached hydrogens (tertiary/aromatic N) is 3. The van der Waals surface area contributed by atoms with Crippen molar-refractivity contribution in [3.63, 3.8) is 0 Å². The molecule has 1 unspecified atom stereocenters. The molecular weight excluding hydrogens is 432 g/mol. The maximum absolute atomic E-state index is 13.5. The fraction of sp³-hybridized carbons (Fsp3) is 0.308. The van der Waals surface area contributed by atoms with E-state index in [4.69, 9.17) is 0 Å². The Hall–Kier alpha value is -3.94. The second kappa shape index (κ2) is 9.13. The fourth-order valence-corrected chi connectivity index (χ4v) is 5.14. The van der Waals surface area contributed by atoms with Crippen molar-refractivity contribution in [1.29, 1.82) is 0 Å². The van der Waals surface area contributed by atoms with Gasteiger partial charge in [0.2, 0.25) is 0 Å². The van der Waals surface area contributed by atoms with Crippen molar-refractivity contribution in [3.8, 4) is 0 Å². The zero-order valence-electron chi connectivity index (χ0n) is 18.7. The monoisotopic (exact) mass is 458 g/mol. The second-order valence-electron chi connectivity index (χ2n) is 8.84. The molecule has 5 rings (SSSR count). The molecule has 34 heavy (non-hydrogen) atoms. The average molecular weight is 459 g/mol. The minimum atomic E-state index is -1.06. The Morgan fingerprint density at radius 3 is 2.32 bits per heavy atom. The molecule has 3 heterocycles. The summed E-state index contributed by atoms with van der Waals surface area (Å²) in [7, 11) is 0. The molecule has 2 amide bonds. The van der Waals surface area contributed by atoms with E-state index in [0.29, 0.717) is 37.2 Å². The van der Waals surface area contributed by atoms with E-state index < -0.39 is 5.97 Å². The number of hydrogen-bond acceptors (Lipinski definition) is 4. The molecule has 1 aromatic heterocycles. The summed E-state index contributed by atoms with van der Waals surface area (Å²) in [6.07, 6.45) is 3.86. The molecule has 1 saturated heterocycles. The first-order chi connectivity index (χ1) is 16.5. The summed E-state index contributed by atoms with van der Waals surface area (Å²) >= 11 is 0. The molecule has 2 aliphatic heterocycles. The lowest BCUT2D eigenvalue weighted by Gasteiger charge is -2.43. The number of nitrogens with one attached hydrogen (secondary N) is 1. The molecule has 0 radical (unpaired) electrons. The van der Waals surface area contributed by atoms with Crippen LogP contribution in [0.2, 0.25) is 0 Å². The SMILES string of the molecule is O=C(O)c1cccc(C(=O)N2CCc3[nH]cnc3C2C2CCN(C(=O)c3ccccc3)CC2)c1. The highest BCUT2D eigenvalue weighted by Crippen LogP contribution is 2.39. The van der Waals surface area contributed by atoms with Crippen LogP contribution in [0.5, 0.6) is 0 Å². The first-order valence-electron chi connectivity index (χ1n) is 11.5. The number of likely N-dealkylation sites (tertiary alicyclic amines) is 1. The van der Waals surface area contributed by atoms with Gasteiger partial charge in [0.05, 0.1) is 23.6 Å². The van der Waals surface area contributed by atoms with Crippen LogP contribution in [0.1, 0.15) is 61.3 Å². The van der Waals surface area contributed by atoms with E-state index in [-0.39, 0.29) is 29.3 Å². The van der Waals surface area contributed by atoms with E-state index in [0.717, 1.165) is 24.2 Å². The average Bonchev–Trinajstić information content (AvgIpc) is 3.37. The third-order valence-corrected chi connectivity index (χ3v) is 6.88. The number of H-pyrrole nitrogens is 1. The zero-order chi connectivity index (χ0) is 23.7. The van der Waals surface area contributed by atoms with Crippen LogP contribution >= 0.6 is 0 Å². The molecular formula is C26H26N4O4. The van der Waals surface area contributed by atoms with Crippen LogP contribution in [-0.4, -0.2) is 62.3 Å². The summed E-state index contributed by atoms with van der Waals surface area (Å²) in [5, 5.41) is 9.34. The van der Waals surface area contributed by atoms with Crippen molar-refractivity contribution in [2.24, 2.45) is 5.92 Å². The van der Waals surface area contributed by atoms with Crippen LogP contribution in [0.15, 0.2) is 60.9 Å². The third-order valence-electron chi connectivity index (χ3n) is 6.88. The molecule has 174 valence electrons. The summed E-state index contributed by atoms with van der Waals surface area (Å²) in [5.74, 6) is -1.07. The summed E-state index contributed by atoms with van der Waals surface area (Å²) in [6.45, 7) is 1.76. The van der Waals surface area contributed by atoms with E-state index >= 15 is 0 Å². The highest BCUT2D eigenvalue weighted by Gasteiger charge is 2.40. The quantitative estimate of drug-likeness (QED) is 0.623. The molecule has 2 aromatic carbocycles. The number of aromatic nitrogens is 2. The maximum Gasteiger partial charge on any atom is 0.335 e. The normalized spacial score (nSPS) is 18.4. The Kier molecular flexibility index (Phi) is 5.88. The van der Waals surface area contributed by atoms with E-state index in [1.807, 2.05) is 40.1 Å². The lowest BCUT2D eigenvalue weighted by atomic mass is 9.83. The maximum atomic E-state index is 13.5. The third kappa shape index (κ3) is 4.07. The lowest BCUT2D eigenvalue weighted by Crippen LogP contribution is -2.47. The van der Waals surface area contributed by atoms with Crippen LogP contribution in [-0.2, 0) is 6.42 Å². The first kappa shape index (κ1) is 21.9. The highest BCUT2D eigenvalue weighted by atomic mass is 16.4. The Bertz CT molecular complexity index is 1210. The van der Waals surface area contributed by atoms with Gasteiger partial charge in [0.1, 0.15) is 0 Å². The molecule has 8 heteroatoms. The van der Waals surface area contributed by atoms with E-state index in [2.05, 4.69) is 9.97 Å². The number of aromatic amines is 1. The van der Waals surface area contributed by atoms with Crippen molar-refractivity contribution in [3.05, 3.63) is 89.0 Å². The van der Waals surface area contributed by atoms with Crippen molar-refractivity contribution in [2.45, 2.75) is 25.3 Å². The smallest absolute Gasteiger partial charge is 0.335 e. The molecule has 0 spiro atoms. The number of carbonyl (C=O) groups is 3. The predicted octanol–water partition coefficient (Wildman–Crippen LogP) is 3.40. The number of fused-ring (bicyclic) bond motifs is 1. The molecule has 0 bridgehead atoms. The molecule has 1 atom stereocenters.